The van der Waals surface area contributed by atoms with Crippen LogP contribution in [0.2, 0.25) is 0 Å². The Morgan fingerprint density at radius 2 is 1.43 bits per heavy atom. The normalized spacial score (nSPS) is 9.43. The van der Waals surface area contributed by atoms with Crippen LogP contribution in [0.15, 0.2) is 109 Å². The number of hydrogen-bond acceptors (Lipinski definition) is 4. The zero-order chi connectivity index (χ0) is 23.6. The van der Waals surface area contributed by atoms with Crippen molar-refractivity contribution in [2.45, 2.75) is 0 Å². The maximum atomic E-state index is 9.15. The van der Waals surface area contributed by atoms with Crippen LogP contribution in [0.5, 0.6) is 0 Å². The van der Waals surface area contributed by atoms with Gasteiger partial charge in [-0.15, -0.1) is 54.1 Å². The van der Waals surface area contributed by atoms with Gasteiger partial charge in [0.1, 0.15) is 0 Å². The van der Waals surface area contributed by atoms with Crippen LogP contribution in [-0.4, -0.2) is 9.97 Å². The van der Waals surface area contributed by atoms with Crippen LogP contribution in [0, 0.1) is 34.8 Å². The molecule has 0 N–H and O–H groups in total. The molecule has 0 spiro atoms. The van der Waals surface area contributed by atoms with Crippen LogP contribution in [0.3, 0.4) is 0 Å². The van der Waals surface area contributed by atoms with Crippen LogP contribution >= 0.6 is 0 Å². The number of aromatic nitrogens is 2. The van der Waals surface area contributed by atoms with Crippen molar-refractivity contribution in [1.29, 1.82) is 10.5 Å². The fourth-order valence-electron chi connectivity index (χ4n) is 3.36. The fourth-order valence-corrected chi connectivity index (χ4v) is 3.36. The molecular formula is C30H18IrN4-2. The summed E-state index contributed by atoms with van der Waals surface area (Å²) in [4.78, 5) is 8.65. The van der Waals surface area contributed by atoms with E-state index in [1.165, 1.54) is 0 Å². The molecule has 5 heteroatoms. The largest absolute Gasteiger partial charge is 0.305 e. The van der Waals surface area contributed by atoms with E-state index in [1.807, 2.05) is 97.1 Å². The van der Waals surface area contributed by atoms with Gasteiger partial charge in [-0.1, -0.05) is 54.1 Å². The summed E-state index contributed by atoms with van der Waals surface area (Å²) in [7, 11) is 0. The molecule has 0 aliphatic heterocycles. The molecule has 0 bridgehead atoms. The van der Waals surface area contributed by atoms with Crippen LogP contribution in [0.1, 0.15) is 11.1 Å². The first-order valence-corrected chi connectivity index (χ1v) is 10.6. The van der Waals surface area contributed by atoms with Crippen molar-refractivity contribution >= 4 is 0 Å². The Morgan fingerprint density at radius 3 is 2.11 bits per heavy atom. The molecule has 4 nitrogen and oxygen atoms in total. The van der Waals surface area contributed by atoms with E-state index in [-0.39, 0.29) is 25.7 Å². The van der Waals surface area contributed by atoms with E-state index in [0.29, 0.717) is 11.1 Å². The molecule has 35 heavy (non-hydrogen) atoms. The van der Waals surface area contributed by atoms with Gasteiger partial charge < -0.3 is 4.98 Å². The molecule has 0 aliphatic carbocycles. The first-order valence-electron chi connectivity index (χ1n) is 10.6. The third kappa shape index (κ3) is 6.34. The van der Waals surface area contributed by atoms with Gasteiger partial charge in [0.15, 0.2) is 0 Å². The monoisotopic (exact) mass is 627 g/mol. The molecule has 2 heterocycles. The van der Waals surface area contributed by atoms with E-state index >= 15 is 0 Å². The van der Waals surface area contributed by atoms with Gasteiger partial charge in [0.2, 0.25) is 0 Å². The molecule has 169 valence electrons. The van der Waals surface area contributed by atoms with Gasteiger partial charge in [-0.25, -0.2) is 10.5 Å². The maximum absolute atomic E-state index is 9.15. The second-order valence-corrected chi connectivity index (χ2v) is 7.14. The maximum Gasteiger partial charge on any atom is 0.0584 e. The molecule has 0 unspecified atom stereocenters. The molecule has 0 saturated carbocycles. The van der Waals surface area contributed by atoms with Crippen molar-refractivity contribution in [3.63, 3.8) is 0 Å². The summed E-state index contributed by atoms with van der Waals surface area (Å²) in [6, 6.07) is 41.0. The van der Waals surface area contributed by atoms with Gasteiger partial charge in [0.25, 0.3) is 0 Å². The Balaban J connectivity index is 0.000000223. The van der Waals surface area contributed by atoms with Crippen molar-refractivity contribution in [3.05, 3.63) is 133 Å². The first-order chi connectivity index (χ1) is 16.8. The summed E-state index contributed by atoms with van der Waals surface area (Å²) in [6.45, 7) is 0. The number of pyridine rings is 2. The van der Waals surface area contributed by atoms with Crippen LogP contribution in [0.25, 0.3) is 33.6 Å². The number of nitrogens with zero attached hydrogens (tertiary/aromatic N) is 4. The molecule has 0 atom stereocenters. The molecule has 0 amide bonds. The molecule has 5 aromatic rings. The average molecular weight is 627 g/mol. The zero-order valence-corrected chi connectivity index (χ0v) is 20.9. The van der Waals surface area contributed by atoms with E-state index in [0.717, 1.165) is 28.1 Å². The zero-order valence-electron chi connectivity index (χ0n) is 18.5. The van der Waals surface area contributed by atoms with E-state index in [2.05, 4.69) is 22.1 Å². The number of nitriles is 2. The Kier molecular flexibility index (Phi) is 9.17. The smallest absolute Gasteiger partial charge is 0.0584 e. The molecule has 0 aliphatic rings. The number of benzene rings is 3. The summed E-state index contributed by atoms with van der Waals surface area (Å²) in [5, 5.41) is 18.2. The van der Waals surface area contributed by atoms with Crippen molar-refractivity contribution in [2.75, 3.05) is 0 Å². The summed E-state index contributed by atoms with van der Waals surface area (Å²) in [5.41, 5.74) is 6.03. The molecule has 2 aromatic heterocycles. The second-order valence-electron chi connectivity index (χ2n) is 7.14. The van der Waals surface area contributed by atoms with Gasteiger partial charge in [-0.3, -0.25) is 4.98 Å². The predicted octanol–water partition coefficient (Wildman–Crippen LogP) is 6.51. The molecule has 3 aromatic carbocycles. The summed E-state index contributed by atoms with van der Waals surface area (Å²) in [5.74, 6) is 0. The third-order valence-electron chi connectivity index (χ3n) is 4.98. The Morgan fingerprint density at radius 1 is 0.657 bits per heavy atom. The summed E-state index contributed by atoms with van der Waals surface area (Å²) in [6.07, 6.45) is 3.50. The number of hydrogen-bond donors (Lipinski definition) is 0. The standard InChI is InChI=1S/C19H10N3.C11H8N.Ir/c20-12-16-9-8-15(11-17(16)13-21)19-18(7-4-10-22-19)14-5-2-1-3-6-14;1-2-6-10(7-3-1)11-8-4-5-9-12-11;/h1-10H;1-6,8-9H;/q2*-1;. The second kappa shape index (κ2) is 12.7. The van der Waals surface area contributed by atoms with Crippen LogP contribution < -0.4 is 0 Å². The first kappa shape index (κ1) is 25.2. The molecular weight excluding hydrogens is 609 g/mol. The van der Waals surface area contributed by atoms with Crippen LogP contribution in [-0.2, 0) is 20.1 Å². The Hall–Kier alpha value is -4.41. The molecule has 1 radical (unpaired) electrons. The third-order valence-corrected chi connectivity index (χ3v) is 4.98. The SMILES string of the molecule is N#Cc1[c-]c(-c2ncccc2-c2ccccc2)ccc1C#N.[Ir].[c-]1ccccc1-c1ccccn1. The number of rotatable bonds is 3. The topological polar surface area (TPSA) is 73.4 Å². The minimum Gasteiger partial charge on any atom is -0.305 e. The minimum atomic E-state index is 0. The Bertz CT molecular complexity index is 1420. The van der Waals surface area contributed by atoms with Gasteiger partial charge in [-0.05, 0) is 46.1 Å². The minimum absolute atomic E-state index is 0. The van der Waals surface area contributed by atoms with E-state index in [4.69, 9.17) is 10.5 Å². The summed E-state index contributed by atoms with van der Waals surface area (Å²) < 4.78 is 0. The average Bonchev–Trinajstić information content (AvgIpc) is 2.94. The molecule has 5 rings (SSSR count). The van der Waals surface area contributed by atoms with Gasteiger partial charge in [0.05, 0.1) is 6.07 Å². The van der Waals surface area contributed by atoms with Crippen molar-refractivity contribution in [3.8, 4) is 45.8 Å². The van der Waals surface area contributed by atoms with E-state index < -0.39 is 0 Å². The summed E-state index contributed by atoms with van der Waals surface area (Å²) >= 11 is 0. The quantitative estimate of drug-likeness (QED) is 0.214. The molecule has 0 fully saturated rings. The van der Waals surface area contributed by atoms with Crippen LogP contribution in [0.4, 0.5) is 0 Å². The van der Waals surface area contributed by atoms with Gasteiger partial charge in [-0.2, -0.15) is 0 Å². The fraction of sp³-hybridized carbons (Fsp3) is 0. The van der Waals surface area contributed by atoms with E-state index in [9.17, 15) is 0 Å². The van der Waals surface area contributed by atoms with Gasteiger partial charge >= 0.3 is 0 Å². The van der Waals surface area contributed by atoms with Crippen molar-refractivity contribution in [2.24, 2.45) is 0 Å². The Labute approximate surface area is 218 Å². The van der Waals surface area contributed by atoms with E-state index in [1.54, 1.807) is 24.5 Å². The molecule has 0 saturated heterocycles. The predicted molar refractivity (Wildman–Crippen MR) is 132 cm³/mol. The van der Waals surface area contributed by atoms with Gasteiger partial charge in [0, 0.05) is 38.2 Å². The van der Waals surface area contributed by atoms with Crippen molar-refractivity contribution < 1.29 is 20.1 Å². The van der Waals surface area contributed by atoms with Crippen molar-refractivity contribution in [1.82, 2.24) is 9.97 Å².